The number of pyridine rings is 1. The molecule has 0 spiro atoms. The van der Waals surface area contributed by atoms with Gasteiger partial charge in [0.1, 0.15) is 11.5 Å². The van der Waals surface area contributed by atoms with E-state index >= 15 is 0 Å². The SMILES string of the molecule is O=C(NNc1ccc(C(F)(F)F)cc1[N+](=O)[O-])c1cccnc1N1CCOCC1. The number of rotatable bonds is 5. The number of nitro groups is 1. The summed E-state index contributed by atoms with van der Waals surface area (Å²) in [5, 5.41) is 11.1. The van der Waals surface area contributed by atoms with Gasteiger partial charge in [0.15, 0.2) is 0 Å². The van der Waals surface area contributed by atoms with E-state index in [0.29, 0.717) is 44.3 Å². The molecule has 1 aliphatic heterocycles. The third-order valence-corrected chi connectivity index (χ3v) is 4.17. The number of hydrazine groups is 1. The van der Waals surface area contributed by atoms with Gasteiger partial charge in [0.05, 0.1) is 29.3 Å². The average molecular weight is 411 g/mol. The van der Waals surface area contributed by atoms with Gasteiger partial charge in [-0.05, 0) is 24.3 Å². The lowest BCUT2D eigenvalue weighted by atomic mass is 10.1. The van der Waals surface area contributed by atoms with E-state index in [9.17, 15) is 28.1 Å². The maximum atomic E-state index is 12.8. The molecule has 2 aromatic rings. The van der Waals surface area contributed by atoms with E-state index in [1.165, 1.54) is 12.3 Å². The monoisotopic (exact) mass is 411 g/mol. The largest absolute Gasteiger partial charge is 0.416 e. The van der Waals surface area contributed by atoms with Crippen LogP contribution >= 0.6 is 0 Å². The second-order valence-corrected chi connectivity index (χ2v) is 6.04. The Hall–Kier alpha value is -3.41. The van der Waals surface area contributed by atoms with Crippen molar-refractivity contribution < 1.29 is 27.6 Å². The second-order valence-electron chi connectivity index (χ2n) is 6.04. The molecule has 12 heteroatoms. The summed E-state index contributed by atoms with van der Waals surface area (Å²) in [5.74, 6) is -0.231. The highest BCUT2D eigenvalue weighted by molar-refractivity contribution is 5.99. The molecule has 1 aromatic heterocycles. The molecule has 29 heavy (non-hydrogen) atoms. The standard InChI is InChI=1S/C17H16F3N5O4/c18-17(19,20)11-3-4-13(14(10-11)25(27)28)22-23-16(26)12-2-1-5-21-15(12)24-6-8-29-9-7-24/h1-5,10,22H,6-9H2,(H,23,26). The van der Waals surface area contributed by atoms with Gasteiger partial charge in [-0.2, -0.15) is 13.2 Å². The predicted molar refractivity (Wildman–Crippen MR) is 96.5 cm³/mol. The van der Waals surface area contributed by atoms with Crippen molar-refractivity contribution in [1.29, 1.82) is 0 Å². The van der Waals surface area contributed by atoms with Crippen molar-refractivity contribution in [3.63, 3.8) is 0 Å². The number of nitrogens with one attached hydrogen (secondary N) is 2. The average Bonchev–Trinajstić information content (AvgIpc) is 2.71. The molecule has 1 aliphatic rings. The minimum absolute atomic E-state index is 0.205. The van der Waals surface area contributed by atoms with Gasteiger partial charge in [0, 0.05) is 25.4 Å². The first-order valence-corrected chi connectivity index (χ1v) is 8.47. The van der Waals surface area contributed by atoms with Crippen LogP contribution < -0.4 is 15.8 Å². The summed E-state index contributed by atoms with van der Waals surface area (Å²) in [5.41, 5.74) is 2.54. The molecular weight excluding hydrogens is 395 g/mol. The molecule has 2 heterocycles. The van der Waals surface area contributed by atoms with Crippen molar-refractivity contribution in [2.75, 3.05) is 36.6 Å². The van der Waals surface area contributed by atoms with Crippen molar-refractivity contribution in [3.05, 3.63) is 57.8 Å². The third kappa shape index (κ3) is 4.71. The van der Waals surface area contributed by atoms with Gasteiger partial charge < -0.3 is 9.64 Å². The van der Waals surface area contributed by atoms with Crippen LogP contribution in [-0.4, -0.2) is 42.1 Å². The van der Waals surface area contributed by atoms with Crippen LogP contribution in [0.15, 0.2) is 36.5 Å². The summed E-state index contributed by atoms with van der Waals surface area (Å²) in [6.07, 6.45) is -3.20. The number of nitro benzene ring substituents is 1. The number of benzene rings is 1. The Bertz CT molecular complexity index is 916. The second kappa shape index (κ2) is 8.31. The Kier molecular flexibility index (Phi) is 5.82. The van der Waals surface area contributed by atoms with Crippen molar-refractivity contribution >= 4 is 23.1 Å². The topological polar surface area (TPSA) is 110 Å². The summed E-state index contributed by atoms with van der Waals surface area (Å²) >= 11 is 0. The van der Waals surface area contributed by atoms with Gasteiger partial charge >= 0.3 is 6.18 Å². The molecule has 1 saturated heterocycles. The Morgan fingerprint density at radius 3 is 2.62 bits per heavy atom. The number of alkyl halides is 3. The van der Waals surface area contributed by atoms with E-state index in [-0.39, 0.29) is 11.3 Å². The third-order valence-electron chi connectivity index (χ3n) is 4.17. The Balaban J connectivity index is 1.79. The maximum absolute atomic E-state index is 12.8. The van der Waals surface area contributed by atoms with Crippen molar-refractivity contribution in [1.82, 2.24) is 10.4 Å². The van der Waals surface area contributed by atoms with Crippen LogP contribution in [0.2, 0.25) is 0 Å². The van der Waals surface area contributed by atoms with Gasteiger partial charge in [-0.15, -0.1) is 0 Å². The highest BCUT2D eigenvalue weighted by atomic mass is 19.4. The highest BCUT2D eigenvalue weighted by Crippen LogP contribution is 2.34. The Labute approximate surface area is 162 Å². The van der Waals surface area contributed by atoms with Gasteiger partial charge in [-0.1, -0.05) is 0 Å². The number of hydrogen-bond donors (Lipinski definition) is 2. The quantitative estimate of drug-likeness (QED) is 0.575. The lowest BCUT2D eigenvalue weighted by Crippen LogP contribution is -2.39. The zero-order valence-electron chi connectivity index (χ0n) is 14.9. The number of aromatic nitrogens is 1. The van der Waals surface area contributed by atoms with E-state index < -0.39 is 28.3 Å². The van der Waals surface area contributed by atoms with Crippen LogP contribution in [0, 0.1) is 10.1 Å². The fourth-order valence-electron chi connectivity index (χ4n) is 2.76. The van der Waals surface area contributed by atoms with Crippen LogP contribution in [0.3, 0.4) is 0 Å². The summed E-state index contributed by atoms with van der Waals surface area (Å²) in [6, 6.07) is 5.05. The summed E-state index contributed by atoms with van der Waals surface area (Å²) in [6.45, 7) is 2.03. The van der Waals surface area contributed by atoms with Crippen molar-refractivity contribution in [3.8, 4) is 0 Å². The first kappa shape index (κ1) is 20.3. The van der Waals surface area contributed by atoms with Gasteiger partial charge in [-0.3, -0.25) is 25.8 Å². The zero-order valence-corrected chi connectivity index (χ0v) is 14.9. The number of nitrogens with zero attached hydrogens (tertiary/aromatic N) is 3. The van der Waals surface area contributed by atoms with Gasteiger partial charge in [0.2, 0.25) is 0 Å². The van der Waals surface area contributed by atoms with Crippen molar-refractivity contribution in [2.45, 2.75) is 6.18 Å². The molecule has 0 atom stereocenters. The molecule has 154 valence electrons. The molecule has 0 bridgehead atoms. The number of anilines is 2. The Morgan fingerprint density at radius 2 is 1.97 bits per heavy atom. The van der Waals surface area contributed by atoms with Gasteiger partial charge in [0.25, 0.3) is 11.6 Å². The van der Waals surface area contributed by atoms with E-state index in [4.69, 9.17) is 4.74 Å². The van der Waals surface area contributed by atoms with Crippen molar-refractivity contribution in [2.24, 2.45) is 0 Å². The number of carbonyl (C=O) groups excluding carboxylic acids is 1. The van der Waals surface area contributed by atoms with Gasteiger partial charge in [-0.25, -0.2) is 4.98 Å². The predicted octanol–water partition coefficient (Wildman–Crippen LogP) is 2.60. The molecule has 0 radical (unpaired) electrons. The number of morpholine rings is 1. The fraction of sp³-hybridized carbons (Fsp3) is 0.294. The number of carbonyl (C=O) groups is 1. The Morgan fingerprint density at radius 1 is 1.24 bits per heavy atom. The van der Waals surface area contributed by atoms with Crippen LogP contribution in [0.25, 0.3) is 0 Å². The highest BCUT2D eigenvalue weighted by Gasteiger charge is 2.33. The minimum atomic E-state index is -4.73. The normalized spacial score (nSPS) is 14.4. The molecule has 0 unspecified atom stereocenters. The lowest BCUT2D eigenvalue weighted by Gasteiger charge is -2.29. The van der Waals surface area contributed by atoms with E-state index in [1.807, 2.05) is 4.90 Å². The van der Waals surface area contributed by atoms with E-state index in [0.717, 1.165) is 6.07 Å². The molecule has 1 aromatic carbocycles. The first-order chi connectivity index (χ1) is 13.8. The van der Waals surface area contributed by atoms with Crippen LogP contribution in [0.4, 0.5) is 30.4 Å². The van der Waals surface area contributed by atoms with Crippen LogP contribution in [-0.2, 0) is 10.9 Å². The van der Waals surface area contributed by atoms with E-state index in [2.05, 4.69) is 15.8 Å². The molecule has 0 saturated carbocycles. The number of ether oxygens (including phenoxy) is 1. The molecule has 1 fully saturated rings. The maximum Gasteiger partial charge on any atom is 0.416 e. The number of hydrogen-bond acceptors (Lipinski definition) is 7. The summed E-state index contributed by atoms with van der Waals surface area (Å²) < 4.78 is 43.6. The number of halogens is 3. The molecular formula is C17H16F3N5O4. The van der Waals surface area contributed by atoms with E-state index in [1.54, 1.807) is 6.07 Å². The fourth-order valence-corrected chi connectivity index (χ4v) is 2.76. The van der Waals surface area contributed by atoms with Crippen LogP contribution in [0.5, 0.6) is 0 Å². The summed E-state index contributed by atoms with van der Waals surface area (Å²) in [7, 11) is 0. The number of amides is 1. The van der Waals surface area contributed by atoms with Crippen LogP contribution in [0.1, 0.15) is 15.9 Å². The molecule has 0 aliphatic carbocycles. The first-order valence-electron chi connectivity index (χ1n) is 8.47. The summed E-state index contributed by atoms with van der Waals surface area (Å²) in [4.78, 5) is 28.8. The minimum Gasteiger partial charge on any atom is -0.378 e. The smallest absolute Gasteiger partial charge is 0.378 e. The zero-order chi connectivity index (χ0) is 21.0. The molecule has 3 rings (SSSR count). The molecule has 9 nitrogen and oxygen atoms in total. The molecule has 1 amide bonds. The molecule has 2 N–H and O–H groups in total. The lowest BCUT2D eigenvalue weighted by molar-refractivity contribution is -0.384.